The minimum Gasteiger partial charge on any atom is -0.494 e. The van der Waals surface area contributed by atoms with Crippen LogP contribution in [-0.2, 0) is 4.79 Å². The first-order valence-electron chi connectivity index (χ1n) is 7.23. The quantitative estimate of drug-likeness (QED) is 0.823. The number of nitrogens with zero attached hydrogens (tertiary/aromatic N) is 1. The number of hydrogen-bond donors (Lipinski definition) is 2. The summed E-state index contributed by atoms with van der Waals surface area (Å²) in [4.78, 5) is 16.4. The Labute approximate surface area is 128 Å². The molecule has 0 bridgehead atoms. The van der Waals surface area contributed by atoms with Crippen molar-refractivity contribution in [2.24, 2.45) is 5.73 Å². The molecule has 1 aromatic heterocycles. The summed E-state index contributed by atoms with van der Waals surface area (Å²) in [6.07, 6.45) is 2.68. The van der Waals surface area contributed by atoms with Gasteiger partial charge in [0, 0.05) is 0 Å². The molecule has 2 rings (SSSR count). The van der Waals surface area contributed by atoms with Crippen molar-refractivity contribution >= 4 is 32.6 Å². The van der Waals surface area contributed by atoms with Crippen molar-refractivity contribution in [3.8, 4) is 5.75 Å². The van der Waals surface area contributed by atoms with Gasteiger partial charge in [0.25, 0.3) is 0 Å². The average molecular weight is 307 g/mol. The molecule has 2 aromatic rings. The van der Waals surface area contributed by atoms with Gasteiger partial charge >= 0.3 is 0 Å². The van der Waals surface area contributed by atoms with Gasteiger partial charge in [-0.1, -0.05) is 31.1 Å². The van der Waals surface area contributed by atoms with Crippen LogP contribution in [0, 0.1) is 0 Å². The number of ether oxygens (including phenoxy) is 1. The molecule has 3 N–H and O–H groups in total. The number of nitrogens with two attached hydrogens (primary N) is 1. The number of carbonyl (C=O) groups excluding carboxylic acids is 1. The Bertz CT molecular complexity index is 612. The van der Waals surface area contributed by atoms with Crippen LogP contribution in [0.15, 0.2) is 18.2 Å². The fourth-order valence-corrected chi connectivity index (χ4v) is 2.87. The number of rotatable bonds is 7. The molecule has 114 valence electrons. The van der Waals surface area contributed by atoms with Crippen LogP contribution < -0.4 is 15.8 Å². The predicted octanol–water partition coefficient (Wildman–Crippen LogP) is 3.15. The van der Waals surface area contributed by atoms with Gasteiger partial charge in [0.1, 0.15) is 5.75 Å². The van der Waals surface area contributed by atoms with Crippen LogP contribution >= 0.6 is 11.3 Å². The van der Waals surface area contributed by atoms with E-state index in [4.69, 9.17) is 10.5 Å². The lowest BCUT2D eigenvalue weighted by Gasteiger charge is -2.09. The molecule has 0 aliphatic heterocycles. The standard InChI is InChI=1S/C15H21N3O2S/c1-3-5-6-11(16)14(19)18-15-17-12-8-7-10(20-4-2)9-13(12)21-15/h7-9,11H,3-6,16H2,1-2H3,(H,17,18,19). The fraction of sp³-hybridized carbons (Fsp3) is 0.467. The lowest BCUT2D eigenvalue weighted by Crippen LogP contribution is -2.35. The van der Waals surface area contributed by atoms with Crippen molar-refractivity contribution in [1.29, 1.82) is 0 Å². The normalized spacial score (nSPS) is 12.3. The van der Waals surface area contributed by atoms with Crippen molar-refractivity contribution in [2.45, 2.75) is 39.2 Å². The highest BCUT2D eigenvalue weighted by molar-refractivity contribution is 7.22. The van der Waals surface area contributed by atoms with Crippen molar-refractivity contribution in [3.05, 3.63) is 18.2 Å². The molecule has 0 radical (unpaired) electrons. The molecule has 1 heterocycles. The Balaban J connectivity index is 2.06. The van der Waals surface area contributed by atoms with E-state index in [1.165, 1.54) is 11.3 Å². The van der Waals surface area contributed by atoms with E-state index in [9.17, 15) is 4.79 Å². The minimum absolute atomic E-state index is 0.174. The van der Waals surface area contributed by atoms with Crippen LogP contribution in [0.5, 0.6) is 5.75 Å². The molecule has 0 spiro atoms. The van der Waals surface area contributed by atoms with E-state index < -0.39 is 6.04 Å². The van der Waals surface area contributed by atoms with Crippen molar-refractivity contribution in [1.82, 2.24) is 4.98 Å². The summed E-state index contributed by atoms with van der Waals surface area (Å²) in [6, 6.07) is 5.23. The van der Waals surface area contributed by atoms with Crippen LogP contribution in [0.3, 0.4) is 0 Å². The molecule has 0 fully saturated rings. The third kappa shape index (κ3) is 4.15. The fourth-order valence-electron chi connectivity index (χ4n) is 1.97. The number of thiazole rings is 1. The van der Waals surface area contributed by atoms with Gasteiger partial charge in [-0.2, -0.15) is 0 Å². The van der Waals surface area contributed by atoms with E-state index in [1.54, 1.807) is 0 Å². The Morgan fingerprint density at radius 3 is 3.00 bits per heavy atom. The monoisotopic (exact) mass is 307 g/mol. The highest BCUT2D eigenvalue weighted by Gasteiger charge is 2.15. The second-order valence-electron chi connectivity index (χ2n) is 4.82. The topological polar surface area (TPSA) is 77.2 Å². The summed E-state index contributed by atoms with van der Waals surface area (Å²) < 4.78 is 6.44. The zero-order valence-electron chi connectivity index (χ0n) is 12.4. The number of nitrogens with one attached hydrogen (secondary N) is 1. The summed E-state index contributed by atoms with van der Waals surface area (Å²) in [5, 5.41) is 3.37. The van der Waals surface area contributed by atoms with E-state index in [0.717, 1.165) is 28.8 Å². The van der Waals surface area contributed by atoms with Crippen LogP contribution in [0.4, 0.5) is 5.13 Å². The summed E-state index contributed by atoms with van der Waals surface area (Å²) >= 11 is 1.43. The molecule has 0 saturated heterocycles. The third-order valence-corrected chi connectivity index (χ3v) is 4.04. The lowest BCUT2D eigenvalue weighted by atomic mass is 10.1. The highest BCUT2D eigenvalue weighted by Crippen LogP contribution is 2.29. The van der Waals surface area contributed by atoms with Crippen LogP contribution in [0.1, 0.15) is 33.1 Å². The molecule has 1 amide bonds. The van der Waals surface area contributed by atoms with E-state index in [-0.39, 0.29) is 5.91 Å². The molecular weight excluding hydrogens is 286 g/mol. The van der Waals surface area contributed by atoms with Gasteiger partial charge in [-0.15, -0.1) is 0 Å². The van der Waals surface area contributed by atoms with Gasteiger partial charge in [-0.25, -0.2) is 4.98 Å². The van der Waals surface area contributed by atoms with Crippen LogP contribution in [0.25, 0.3) is 10.2 Å². The summed E-state index contributed by atoms with van der Waals surface area (Å²) in [7, 11) is 0. The molecule has 0 saturated carbocycles. The molecule has 0 aliphatic rings. The second kappa shape index (κ2) is 7.38. The Kier molecular flexibility index (Phi) is 5.52. The van der Waals surface area contributed by atoms with Crippen molar-refractivity contribution < 1.29 is 9.53 Å². The Morgan fingerprint density at radius 1 is 1.48 bits per heavy atom. The number of fused-ring (bicyclic) bond motifs is 1. The van der Waals surface area contributed by atoms with Gasteiger partial charge in [-0.3, -0.25) is 4.79 Å². The van der Waals surface area contributed by atoms with Gasteiger partial charge < -0.3 is 15.8 Å². The first kappa shape index (κ1) is 15.7. The SMILES string of the molecule is CCCCC(N)C(=O)Nc1nc2ccc(OCC)cc2s1. The van der Waals surface area contributed by atoms with Crippen molar-refractivity contribution in [2.75, 3.05) is 11.9 Å². The zero-order chi connectivity index (χ0) is 15.2. The second-order valence-corrected chi connectivity index (χ2v) is 5.85. The van der Waals surface area contributed by atoms with Gasteiger partial charge in [0.05, 0.1) is 22.9 Å². The molecular formula is C15H21N3O2S. The van der Waals surface area contributed by atoms with Crippen LogP contribution in [-0.4, -0.2) is 23.5 Å². The molecule has 1 unspecified atom stereocenters. The number of aromatic nitrogens is 1. The van der Waals surface area contributed by atoms with E-state index in [0.29, 0.717) is 18.2 Å². The van der Waals surface area contributed by atoms with Gasteiger partial charge in [0.2, 0.25) is 5.91 Å². The molecule has 5 nitrogen and oxygen atoms in total. The van der Waals surface area contributed by atoms with Crippen LogP contribution in [0.2, 0.25) is 0 Å². The minimum atomic E-state index is -0.476. The number of hydrogen-bond acceptors (Lipinski definition) is 5. The Morgan fingerprint density at radius 2 is 2.29 bits per heavy atom. The van der Waals surface area contributed by atoms with Crippen molar-refractivity contribution in [3.63, 3.8) is 0 Å². The van der Waals surface area contributed by atoms with Gasteiger partial charge in [-0.05, 0) is 31.5 Å². The first-order chi connectivity index (χ1) is 10.1. The van der Waals surface area contributed by atoms with E-state index >= 15 is 0 Å². The summed E-state index contributed by atoms with van der Waals surface area (Å²) in [5.41, 5.74) is 6.70. The maximum Gasteiger partial charge on any atom is 0.243 e. The third-order valence-electron chi connectivity index (χ3n) is 3.11. The van der Waals surface area contributed by atoms with E-state index in [2.05, 4.69) is 17.2 Å². The maximum absolute atomic E-state index is 12.0. The molecule has 0 aliphatic carbocycles. The molecule has 21 heavy (non-hydrogen) atoms. The highest BCUT2D eigenvalue weighted by atomic mass is 32.1. The maximum atomic E-state index is 12.0. The summed E-state index contributed by atoms with van der Waals surface area (Å²) in [5.74, 6) is 0.638. The Hall–Kier alpha value is -1.66. The number of amides is 1. The summed E-state index contributed by atoms with van der Waals surface area (Å²) in [6.45, 7) is 4.65. The van der Waals surface area contributed by atoms with E-state index in [1.807, 2.05) is 25.1 Å². The molecule has 1 aromatic carbocycles. The van der Waals surface area contributed by atoms with Gasteiger partial charge in [0.15, 0.2) is 5.13 Å². The molecule has 1 atom stereocenters. The molecule has 6 heteroatoms. The predicted molar refractivity (Wildman–Crippen MR) is 86.9 cm³/mol. The lowest BCUT2D eigenvalue weighted by molar-refractivity contribution is -0.117. The number of benzene rings is 1. The number of carbonyl (C=O) groups is 1. The smallest absolute Gasteiger partial charge is 0.243 e. The number of unbranched alkanes of at least 4 members (excludes halogenated alkanes) is 1. The first-order valence-corrected chi connectivity index (χ1v) is 8.05. The average Bonchev–Trinajstić information content (AvgIpc) is 2.86. The zero-order valence-corrected chi connectivity index (χ0v) is 13.2. The largest absolute Gasteiger partial charge is 0.494 e. The number of anilines is 1.